The Kier molecular flexibility index (Phi) is 6.36. The molecule has 6 nitrogen and oxygen atoms in total. The average Bonchev–Trinajstić information content (AvgIpc) is 2.98. The summed E-state index contributed by atoms with van der Waals surface area (Å²) < 4.78 is 10.8. The Balaban J connectivity index is 1.84. The van der Waals surface area contributed by atoms with Gasteiger partial charge in [0.25, 0.3) is 0 Å². The predicted molar refractivity (Wildman–Crippen MR) is 99.2 cm³/mol. The van der Waals surface area contributed by atoms with Crippen LogP contribution in [0.5, 0.6) is 5.75 Å². The van der Waals surface area contributed by atoms with Crippen molar-refractivity contribution in [3.63, 3.8) is 0 Å². The molecule has 0 aliphatic heterocycles. The molecule has 0 aliphatic carbocycles. The lowest BCUT2D eigenvalue weighted by Crippen LogP contribution is -2.16. The first-order valence-electron chi connectivity index (χ1n) is 8.23. The van der Waals surface area contributed by atoms with Gasteiger partial charge in [-0.2, -0.15) is 0 Å². The summed E-state index contributed by atoms with van der Waals surface area (Å²) in [5.41, 5.74) is 1.37. The Hall–Kier alpha value is -2.15. The van der Waals surface area contributed by atoms with Crippen LogP contribution in [0.15, 0.2) is 24.3 Å². The first-order chi connectivity index (χ1) is 11.7. The van der Waals surface area contributed by atoms with Crippen LogP contribution in [-0.4, -0.2) is 22.9 Å². The van der Waals surface area contributed by atoms with E-state index in [0.29, 0.717) is 23.4 Å². The number of rotatable bonds is 6. The monoisotopic (exact) mass is 363 g/mol. The lowest BCUT2D eigenvalue weighted by molar-refractivity contribution is 0.147. The maximum absolute atomic E-state index is 11.6. The second kappa shape index (κ2) is 8.29. The van der Waals surface area contributed by atoms with Gasteiger partial charge in [-0.1, -0.05) is 58.1 Å². The zero-order valence-corrected chi connectivity index (χ0v) is 16.1. The summed E-state index contributed by atoms with van der Waals surface area (Å²) in [6, 6.07) is 8.02. The molecule has 1 heterocycles. The molecule has 0 bridgehead atoms. The summed E-state index contributed by atoms with van der Waals surface area (Å²) >= 11 is 1.26. The molecule has 136 valence electrons. The Morgan fingerprint density at radius 1 is 1.20 bits per heavy atom. The van der Waals surface area contributed by atoms with Crippen LogP contribution in [-0.2, 0) is 16.8 Å². The van der Waals surface area contributed by atoms with Crippen molar-refractivity contribution in [3.05, 3.63) is 34.8 Å². The summed E-state index contributed by atoms with van der Waals surface area (Å²) in [5.74, 6) is 1.06. The molecule has 25 heavy (non-hydrogen) atoms. The van der Waals surface area contributed by atoms with Crippen molar-refractivity contribution in [1.82, 2.24) is 10.2 Å². The first kappa shape index (κ1) is 19.2. The molecule has 1 amide bonds. The third-order valence-corrected chi connectivity index (χ3v) is 4.12. The van der Waals surface area contributed by atoms with E-state index in [4.69, 9.17) is 9.47 Å². The number of hydrogen-bond acceptors (Lipinski definition) is 6. The van der Waals surface area contributed by atoms with E-state index >= 15 is 0 Å². The van der Waals surface area contributed by atoms with E-state index in [1.54, 1.807) is 0 Å². The van der Waals surface area contributed by atoms with Gasteiger partial charge in [-0.3, -0.25) is 5.32 Å². The van der Waals surface area contributed by atoms with Gasteiger partial charge in [-0.25, -0.2) is 4.79 Å². The maximum atomic E-state index is 11.6. The van der Waals surface area contributed by atoms with Gasteiger partial charge in [0, 0.05) is 0 Å². The van der Waals surface area contributed by atoms with Gasteiger partial charge in [0.1, 0.15) is 12.4 Å². The molecule has 1 aromatic heterocycles. The highest BCUT2D eigenvalue weighted by Gasteiger charge is 2.13. The third kappa shape index (κ3) is 6.34. The molecular weight excluding hydrogens is 338 g/mol. The predicted octanol–water partition coefficient (Wildman–Crippen LogP) is 4.62. The van der Waals surface area contributed by atoms with Gasteiger partial charge < -0.3 is 9.47 Å². The van der Waals surface area contributed by atoms with E-state index in [2.05, 4.69) is 48.4 Å². The summed E-state index contributed by atoms with van der Waals surface area (Å²) in [6.45, 7) is 11.1. The van der Waals surface area contributed by atoms with Gasteiger partial charge >= 0.3 is 6.09 Å². The number of ether oxygens (including phenoxy) is 2. The molecule has 2 aromatic rings. The summed E-state index contributed by atoms with van der Waals surface area (Å²) in [6.07, 6.45) is -0.518. The van der Waals surface area contributed by atoms with E-state index < -0.39 is 6.09 Å². The first-order valence-corrected chi connectivity index (χ1v) is 9.05. The second-order valence-corrected chi connectivity index (χ2v) is 8.24. The van der Waals surface area contributed by atoms with Crippen molar-refractivity contribution in [2.24, 2.45) is 5.92 Å². The normalized spacial score (nSPS) is 11.4. The van der Waals surface area contributed by atoms with Crippen LogP contribution in [0, 0.1) is 5.92 Å². The van der Waals surface area contributed by atoms with Crippen molar-refractivity contribution in [3.8, 4) is 5.75 Å². The van der Waals surface area contributed by atoms with Gasteiger partial charge in [-0.15, -0.1) is 10.2 Å². The molecule has 2 rings (SSSR count). The van der Waals surface area contributed by atoms with Crippen molar-refractivity contribution < 1.29 is 14.3 Å². The van der Waals surface area contributed by atoms with Gasteiger partial charge in [0.15, 0.2) is 5.01 Å². The van der Waals surface area contributed by atoms with Crippen LogP contribution in [0.1, 0.15) is 45.2 Å². The fourth-order valence-corrected chi connectivity index (χ4v) is 2.56. The number of anilines is 1. The number of amides is 1. The fourth-order valence-electron chi connectivity index (χ4n) is 1.92. The zero-order valence-electron chi connectivity index (χ0n) is 15.3. The largest absolute Gasteiger partial charge is 0.486 e. The molecular formula is C18H25N3O3S. The van der Waals surface area contributed by atoms with E-state index in [1.165, 1.54) is 16.9 Å². The second-order valence-electron chi connectivity index (χ2n) is 7.18. The standard InChI is InChI=1S/C18H25N3O3S/c1-12(2)10-24-17(22)19-16-21-20-15(25-16)11-23-14-8-6-13(7-9-14)18(3,4)5/h6-9,12H,10-11H2,1-5H3,(H,19,21,22). The quantitative estimate of drug-likeness (QED) is 0.811. The molecule has 1 N–H and O–H groups in total. The molecule has 1 aromatic carbocycles. The molecule has 0 radical (unpaired) electrons. The minimum absolute atomic E-state index is 0.114. The molecule has 0 atom stereocenters. The Labute approximate surface area is 152 Å². The third-order valence-electron chi connectivity index (χ3n) is 3.31. The molecule has 0 spiro atoms. The van der Waals surface area contributed by atoms with Crippen molar-refractivity contribution in [2.75, 3.05) is 11.9 Å². The fraction of sp³-hybridized carbons (Fsp3) is 0.500. The van der Waals surface area contributed by atoms with Crippen LogP contribution >= 0.6 is 11.3 Å². The minimum atomic E-state index is -0.518. The van der Waals surface area contributed by atoms with Crippen LogP contribution in [0.2, 0.25) is 0 Å². The highest BCUT2D eigenvalue weighted by Crippen LogP contribution is 2.25. The number of carbonyl (C=O) groups is 1. The Bertz CT molecular complexity index is 690. The maximum Gasteiger partial charge on any atom is 0.413 e. The lowest BCUT2D eigenvalue weighted by atomic mass is 9.87. The number of carbonyl (C=O) groups excluding carboxylic acids is 1. The van der Waals surface area contributed by atoms with Gasteiger partial charge in [-0.05, 0) is 29.0 Å². The van der Waals surface area contributed by atoms with Crippen molar-refractivity contribution >= 4 is 22.6 Å². The number of nitrogens with zero attached hydrogens (tertiary/aromatic N) is 2. The minimum Gasteiger partial charge on any atom is -0.486 e. The lowest BCUT2D eigenvalue weighted by Gasteiger charge is -2.19. The number of benzene rings is 1. The zero-order chi connectivity index (χ0) is 18.4. The highest BCUT2D eigenvalue weighted by molar-refractivity contribution is 7.15. The molecule has 0 saturated heterocycles. The number of hydrogen-bond donors (Lipinski definition) is 1. The van der Waals surface area contributed by atoms with Crippen LogP contribution in [0.25, 0.3) is 0 Å². The van der Waals surface area contributed by atoms with E-state index in [1.807, 2.05) is 26.0 Å². The topological polar surface area (TPSA) is 73.3 Å². The number of nitrogens with one attached hydrogen (secondary N) is 1. The van der Waals surface area contributed by atoms with Crippen LogP contribution < -0.4 is 10.1 Å². The summed E-state index contributed by atoms with van der Waals surface area (Å²) in [4.78, 5) is 11.6. The van der Waals surface area contributed by atoms with E-state index in [0.717, 1.165) is 5.75 Å². The van der Waals surface area contributed by atoms with Gasteiger partial charge in [0.2, 0.25) is 5.13 Å². The van der Waals surface area contributed by atoms with E-state index in [-0.39, 0.29) is 11.3 Å². The molecule has 0 fully saturated rings. The SMILES string of the molecule is CC(C)COC(=O)Nc1nnc(COc2ccc(C(C)(C)C)cc2)s1. The van der Waals surface area contributed by atoms with Crippen LogP contribution in [0.4, 0.5) is 9.93 Å². The average molecular weight is 363 g/mol. The van der Waals surface area contributed by atoms with Crippen LogP contribution in [0.3, 0.4) is 0 Å². The van der Waals surface area contributed by atoms with Crippen molar-refractivity contribution in [1.29, 1.82) is 0 Å². The summed E-state index contributed by atoms with van der Waals surface area (Å²) in [7, 11) is 0. The van der Waals surface area contributed by atoms with Gasteiger partial charge in [0.05, 0.1) is 6.61 Å². The summed E-state index contributed by atoms with van der Waals surface area (Å²) in [5, 5.41) is 11.6. The Morgan fingerprint density at radius 3 is 2.48 bits per heavy atom. The highest BCUT2D eigenvalue weighted by atomic mass is 32.1. The molecule has 0 aliphatic rings. The smallest absolute Gasteiger partial charge is 0.413 e. The molecule has 0 saturated carbocycles. The van der Waals surface area contributed by atoms with E-state index in [9.17, 15) is 4.79 Å². The molecule has 7 heteroatoms. The number of aromatic nitrogens is 2. The Morgan fingerprint density at radius 2 is 1.88 bits per heavy atom. The molecule has 0 unspecified atom stereocenters. The van der Waals surface area contributed by atoms with Crippen molar-refractivity contribution in [2.45, 2.75) is 46.6 Å².